The highest BCUT2D eigenvalue weighted by molar-refractivity contribution is 8.03. The number of rotatable bonds is 7. The Hall–Kier alpha value is -2.77. The number of thioether (sulfide) groups is 1. The predicted molar refractivity (Wildman–Crippen MR) is 103 cm³/mol. The van der Waals surface area contributed by atoms with Crippen LogP contribution in [0.1, 0.15) is 17.0 Å². The highest BCUT2D eigenvalue weighted by Crippen LogP contribution is 2.28. The average molecular weight is 403 g/mol. The number of carbonyl (C=O) groups is 1. The molecule has 0 bridgehead atoms. The van der Waals surface area contributed by atoms with Crippen molar-refractivity contribution >= 4 is 35.4 Å². The molecule has 6 nitrogen and oxygen atoms in total. The second-order valence-corrected chi connectivity index (χ2v) is 6.92. The summed E-state index contributed by atoms with van der Waals surface area (Å²) in [5, 5.41) is 17.7. The summed E-state index contributed by atoms with van der Waals surface area (Å²) in [5.41, 5.74) is 1.68. The van der Waals surface area contributed by atoms with Crippen molar-refractivity contribution in [1.82, 2.24) is 10.2 Å². The Labute approximate surface area is 164 Å². The van der Waals surface area contributed by atoms with Gasteiger partial charge < -0.3 is 14.3 Å². The first-order chi connectivity index (χ1) is 13.0. The maximum atomic E-state index is 11.5. The van der Waals surface area contributed by atoms with E-state index in [0.717, 1.165) is 17.3 Å². The molecule has 0 saturated carbocycles. The van der Waals surface area contributed by atoms with Gasteiger partial charge in [0.05, 0.1) is 0 Å². The molecule has 2 aromatic carbocycles. The Balaban J connectivity index is 1.67. The SMILES string of the molecule is Cc1nnc(S/C(=C\c2ccc(OCc3cccc(Cl)c3)cc2)C(=O)O)o1. The lowest BCUT2D eigenvalue weighted by Crippen LogP contribution is -1.97. The Morgan fingerprint density at radius 2 is 2.04 bits per heavy atom. The molecular formula is C19H15ClN2O4S. The van der Waals surface area contributed by atoms with Crippen molar-refractivity contribution < 1.29 is 19.1 Å². The molecule has 0 spiro atoms. The molecule has 0 aliphatic carbocycles. The molecule has 138 valence electrons. The van der Waals surface area contributed by atoms with Crippen LogP contribution in [0.3, 0.4) is 0 Å². The van der Waals surface area contributed by atoms with Gasteiger partial charge in [0.2, 0.25) is 5.89 Å². The van der Waals surface area contributed by atoms with Crippen LogP contribution in [0, 0.1) is 6.92 Å². The first-order valence-corrected chi connectivity index (χ1v) is 9.09. The number of carboxylic acids is 1. The van der Waals surface area contributed by atoms with Crippen LogP contribution in [0.5, 0.6) is 5.75 Å². The maximum absolute atomic E-state index is 11.5. The monoisotopic (exact) mass is 402 g/mol. The highest BCUT2D eigenvalue weighted by Gasteiger charge is 2.14. The summed E-state index contributed by atoms with van der Waals surface area (Å²) >= 11 is 6.86. The Morgan fingerprint density at radius 3 is 2.67 bits per heavy atom. The molecule has 8 heteroatoms. The molecule has 0 saturated heterocycles. The van der Waals surface area contributed by atoms with E-state index >= 15 is 0 Å². The van der Waals surface area contributed by atoms with E-state index < -0.39 is 5.97 Å². The topological polar surface area (TPSA) is 85.5 Å². The summed E-state index contributed by atoms with van der Waals surface area (Å²) in [5.74, 6) is -0.0234. The first-order valence-electron chi connectivity index (χ1n) is 7.90. The van der Waals surface area contributed by atoms with Crippen molar-refractivity contribution in [3.05, 3.63) is 75.5 Å². The zero-order chi connectivity index (χ0) is 19.2. The number of halogens is 1. The molecule has 0 atom stereocenters. The molecule has 1 N–H and O–H groups in total. The van der Waals surface area contributed by atoms with E-state index in [1.807, 2.05) is 18.2 Å². The van der Waals surface area contributed by atoms with Gasteiger partial charge in [-0.25, -0.2) is 4.79 Å². The number of ether oxygens (including phenoxy) is 1. The Bertz CT molecular complexity index is 970. The summed E-state index contributed by atoms with van der Waals surface area (Å²) in [6, 6.07) is 14.5. The standard InChI is InChI=1S/C19H15ClN2O4S/c1-12-21-22-19(26-12)27-17(18(23)24)10-13-5-7-16(8-6-13)25-11-14-3-2-4-15(20)9-14/h2-10H,11H2,1H3,(H,23,24)/b17-10-. The van der Waals surface area contributed by atoms with Crippen molar-refractivity contribution in [3.8, 4) is 5.75 Å². The Kier molecular flexibility index (Phi) is 6.16. The fourth-order valence-electron chi connectivity index (χ4n) is 2.15. The lowest BCUT2D eigenvalue weighted by Gasteiger charge is -2.07. The number of hydrogen-bond donors (Lipinski definition) is 1. The number of aryl methyl sites for hydroxylation is 1. The normalized spacial score (nSPS) is 11.4. The van der Waals surface area contributed by atoms with Crippen LogP contribution in [0.4, 0.5) is 0 Å². The van der Waals surface area contributed by atoms with Gasteiger partial charge in [0, 0.05) is 11.9 Å². The minimum absolute atomic E-state index is 0.0752. The van der Waals surface area contributed by atoms with Crippen molar-refractivity contribution in [1.29, 1.82) is 0 Å². The van der Waals surface area contributed by atoms with E-state index in [2.05, 4.69) is 10.2 Å². The summed E-state index contributed by atoms with van der Waals surface area (Å²) < 4.78 is 10.9. The summed E-state index contributed by atoms with van der Waals surface area (Å²) in [7, 11) is 0. The first kappa shape index (κ1) is 19.0. The number of aliphatic carboxylic acids is 1. The van der Waals surface area contributed by atoms with Gasteiger partial charge in [-0.15, -0.1) is 10.2 Å². The molecular weight excluding hydrogens is 388 g/mol. The summed E-state index contributed by atoms with van der Waals surface area (Å²) in [4.78, 5) is 11.5. The van der Waals surface area contributed by atoms with E-state index in [4.69, 9.17) is 20.8 Å². The van der Waals surface area contributed by atoms with E-state index in [0.29, 0.717) is 28.8 Å². The van der Waals surface area contributed by atoms with Gasteiger partial charge in [-0.1, -0.05) is 35.9 Å². The van der Waals surface area contributed by atoms with Gasteiger partial charge in [-0.2, -0.15) is 0 Å². The number of hydrogen-bond acceptors (Lipinski definition) is 6. The van der Waals surface area contributed by atoms with E-state index in [9.17, 15) is 9.90 Å². The second-order valence-electron chi connectivity index (χ2n) is 5.49. The molecule has 0 unspecified atom stereocenters. The van der Waals surface area contributed by atoms with Crippen LogP contribution in [0.15, 0.2) is 63.1 Å². The molecule has 3 rings (SSSR count). The number of benzene rings is 2. The van der Waals surface area contributed by atoms with Gasteiger partial charge in [0.15, 0.2) is 0 Å². The van der Waals surface area contributed by atoms with Crippen LogP contribution in [-0.4, -0.2) is 21.3 Å². The fraction of sp³-hybridized carbons (Fsp3) is 0.105. The van der Waals surface area contributed by atoms with Gasteiger partial charge >= 0.3 is 5.97 Å². The predicted octanol–water partition coefficient (Wildman–Crippen LogP) is 4.83. The van der Waals surface area contributed by atoms with Crippen LogP contribution in [0.2, 0.25) is 5.02 Å². The quantitative estimate of drug-likeness (QED) is 0.447. The molecule has 27 heavy (non-hydrogen) atoms. The van der Waals surface area contributed by atoms with Gasteiger partial charge in [0.1, 0.15) is 17.3 Å². The largest absolute Gasteiger partial charge is 0.489 e. The molecule has 0 radical (unpaired) electrons. The third-order valence-corrected chi connectivity index (χ3v) is 4.48. The number of aromatic nitrogens is 2. The van der Waals surface area contributed by atoms with E-state index in [1.54, 1.807) is 37.3 Å². The van der Waals surface area contributed by atoms with Crippen LogP contribution >= 0.6 is 23.4 Å². The van der Waals surface area contributed by atoms with Crippen LogP contribution < -0.4 is 4.74 Å². The van der Waals surface area contributed by atoms with Crippen molar-refractivity contribution in [2.45, 2.75) is 18.8 Å². The molecule has 0 aliphatic heterocycles. The molecule has 0 aliphatic rings. The Morgan fingerprint density at radius 1 is 1.26 bits per heavy atom. The lowest BCUT2D eigenvalue weighted by molar-refractivity contribution is -0.131. The minimum Gasteiger partial charge on any atom is -0.489 e. The van der Waals surface area contributed by atoms with Crippen molar-refractivity contribution in [2.24, 2.45) is 0 Å². The highest BCUT2D eigenvalue weighted by atomic mass is 35.5. The minimum atomic E-state index is -1.07. The number of carboxylic acid groups (broad SMARTS) is 1. The van der Waals surface area contributed by atoms with E-state index in [-0.39, 0.29) is 10.1 Å². The van der Waals surface area contributed by atoms with Gasteiger partial charge in [-0.05, 0) is 53.2 Å². The van der Waals surface area contributed by atoms with Crippen molar-refractivity contribution in [3.63, 3.8) is 0 Å². The molecule has 0 fully saturated rings. The summed E-state index contributed by atoms with van der Waals surface area (Å²) in [6.45, 7) is 2.03. The average Bonchev–Trinajstić information content (AvgIpc) is 3.05. The molecule has 1 aromatic heterocycles. The van der Waals surface area contributed by atoms with Gasteiger partial charge in [0.25, 0.3) is 5.22 Å². The second kappa shape index (κ2) is 8.75. The molecule has 3 aromatic rings. The summed E-state index contributed by atoms with van der Waals surface area (Å²) in [6.07, 6.45) is 1.54. The third-order valence-electron chi connectivity index (χ3n) is 3.39. The van der Waals surface area contributed by atoms with Gasteiger partial charge in [-0.3, -0.25) is 0 Å². The third kappa shape index (κ3) is 5.60. The zero-order valence-corrected chi connectivity index (χ0v) is 15.8. The lowest BCUT2D eigenvalue weighted by atomic mass is 10.2. The van der Waals surface area contributed by atoms with Crippen LogP contribution in [-0.2, 0) is 11.4 Å². The maximum Gasteiger partial charge on any atom is 0.342 e. The smallest absolute Gasteiger partial charge is 0.342 e. The fourth-order valence-corrected chi connectivity index (χ4v) is 3.08. The molecule has 1 heterocycles. The zero-order valence-electron chi connectivity index (χ0n) is 14.3. The molecule has 0 amide bonds. The van der Waals surface area contributed by atoms with E-state index in [1.165, 1.54) is 6.08 Å². The number of nitrogens with zero attached hydrogens (tertiary/aromatic N) is 2. The van der Waals surface area contributed by atoms with Crippen molar-refractivity contribution in [2.75, 3.05) is 0 Å². The van der Waals surface area contributed by atoms with Crippen LogP contribution in [0.25, 0.3) is 6.08 Å².